The molecule has 2 aromatic heterocycles. The minimum Gasteiger partial charge on any atom is -0.382 e. The summed E-state index contributed by atoms with van der Waals surface area (Å²) in [6.07, 6.45) is -3.78. The van der Waals surface area contributed by atoms with E-state index in [9.17, 15) is 18.3 Å². The molecule has 4 N–H and O–H groups in total. The van der Waals surface area contributed by atoms with Gasteiger partial charge in [0.15, 0.2) is 17.7 Å². The Hall–Kier alpha value is -2.89. The zero-order valence-electron chi connectivity index (χ0n) is 20.2. The van der Waals surface area contributed by atoms with Gasteiger partial charge in [0.25, 0.3) is 0 Å². The third kappa shape index (κ3) is 6.26. The van der Waals surface area contributed by atoms with Gasteiger partial charge in [-0.2, -0.15) is 23.3 Å². The van der Waals surface area contributed by atoms with Crippen LogP contribution in [0.2, 0.25) is 5.02 Å². The van der Waals surface area contributed by atoms with E-state index in [1.54, 1.807) is 4.90 Å². The number of halogens is 4. The van der Waals surface area contributed by atoms with Crippen LogP contribution in [-0.2, 0) is 0 Å². The molecule has 1 aliphatic rings. The van der Waals surface area contributed by atoms with Crippen LogP contribution in [0.4, 0.5) is 36.4 Å². The fourth-order valence-corrected chi connectivity index (χ4v) is 4.61. The number of likely N-dealkylation sites (tertiary alicyclic amines) is 1. The van der Waals surface area contributed by atoms with Crippen molar-refractivity contribution >= 4 is 34.9 Å². The Labute approximate surface area is 212 Å². The number of hydrogen-bond donors (Lipinski definition) is 4. The normalized spacial score (nSPS) is 17.7. The second kappa shape index (κ2) is 10.6. The molecule has 4 rings (SSSR count). The molecule has 0 saturated carbocycles. The molecule has 3 aromatic rings. The highest BCUT2D eigenvalue weighted by molar-refractivity contribution is 6.32. The summed E-state index contributed by atoms with van der Waals surface area (Å²) in [4.78, 5) is 10.4. The molecular formula is C24H29ClF3N7O. The number of H-pyrrole nitrogens is 1. The molecule has 2 atom stereocenters. The van der Waals surface area contributed by atoms with E-state index in [0.29, 0.717) is 35.7 Å². The lowest BCUT2D eigenvalue weighted by Gasteiger charge is -2.35. The topological polar surface area (TPSA) is 102 Å². The van der Waals surface area contributed by atoms with Gasteiger partial charge in [-0.1, -0.05) is 17.7 Å². The first-order chi connectivity index (χ1) is 17.0. The van der Waals surface area contributed by atoms with Crippen molar-refractivity contribution in [3.05, 3.63) is 51.8 Å². The lowest BCUT2D eigenvalue weighted by atomic mass is 9.86. The number of alkyl halides is 3. The largest absolute Gasteiger partial charge is 0.415 e. The van der Waals surface area contributed by atoms with Gasteiger partial charge in [0.05, 0.1) is 6.20 Å². The highest BCUT2D eigenvalue weighted by Crippen LogP contribution is 2.34. The molecule has 12 heteroatoms. The Morgan fingerprint density at radius 1 is 1.19 bits per heavy atom. The first kappa shape index (κ1) is 26.2. The number of aliphatic hydroxyl groups is 1. The molecule has 1 aromatic carbocycles. The van der Waals surface area contributed by atoms with Gasteiger partial charge in [-0.05, 0) is 68.8 Å². The number of aliphatic hydroxyl groups excluding tert-OH is 1. The maximum atomic E-state index is 12.8. The molecule has 8 nitrogen and oxygen atoms in total. The monoisotopic (exact) mass is 523 g/mol. The van der Waals surface area contributed by atoms with E-state index in [0.717, 1.165) is 40.9 Å². The standard InChI is InChI=1S/C24H29ClF3N7O/c1-13-8-19(30-23-29-10-18(25)22(32-23)31-21-9-15(3)33-34-21)14(2)7-17(13)16-5-4-6-35(11-16)12-20(36)24(26,27)28/h7-10,16,20,36H,4-6,11-12H2,1-3H3,(H3,29,30,31,32,33,34)/t16?,20-/m0/s1. The third-order valence-electron chi connectivity index (χ3n) is 6.31. The van der Waals surface area contributed by atoms with Gasteiger partial charge in [-0.15, -0.1) is 0 Å². The minimum atomic E-state index is -4.61. The second-order valence-corrected chi connectivity index (χ2v) is 9.66. The van der Waals surface area contributed by atoms with Gasteiger partial charge in [0.1, 0.15) is 5.02 Å². The van der Waals surface area contributed by atoms with Crippen molar-refractivity contribution in [2.24, 2.45) is 0 Å². The van der Waals surface area contributed by atoms with Crippen LogP contribution in [0.3, 0.4) is 0 Å². The summed E-state index contributed by atoms with van der Waals surface area (Å²) in [7, 11) is 0. The Kier molecular flexibility index (Phi) is 7.72. The van der Waals surface area contributed by atoms with Crippen molar-refractivity contribution in [1.82, 2.24) is 25.1 Å². The number of benzene rings is 1. The van der Waals surface area contributed by atoms with E-state index in [-0.39, 0.29) is 5.92 Å². The molecule has 1 fully saturated rings. The summed E-state index contributed by atoms with van der Waals surface area (Å²) in [6, 6.07) is 5.89. The van der Waals surface area contributed by atoms with E-state index >= 15 is 0 Å². The van der Waals surface area contributed by atoms with E-state index in [2.05, 4.69) is 36.9 Å². The van der Waals surface area contributed by atoms with Crippen molar-refractivity contribution in [3.63, 3.8) is 0 Å². The number of hydrogen-bond acceptors (Lipinski definition) is 7. The van der Waals surface area contributed by atoms with Crippen molar-refractivity contribution in [2.75, 3.05) is 30.3 Å². The van der Waals surface area contributed by atoms with Crippen molar-refractivity contribution in [3.8, 4) is 0 Å². The number of aromatic nitrogens is 4. The Balaban J connectivity index is 1.48. The number of aryl methyl sites for hydroxylation is 3. The SMILES string of the molecule is Cc1cc(Nc2nc(Nc3cc(C)c(C4CCCN(C[C@H](O)C(F)(F)F)C4)cc3C)ncc2Cl)n[nH]1. The molecule has 36 heavy (non-hydrogen) atoms. The molecule has 194 valence electrons. The van der Waals surface area contributed by atoms with Crippen molar-refractivity contribution < 1.29 is 18.3 Å². The number of rotatable bonds is 7. The fourth-order valence-electron chi connectivity index (χ4n) is 4.48. The van der Waals surface area contributed by atoms with Gasteiger partial charge in [0.2, 0.25) is 5.95 Å². The summed E-state index contributed by atoms with van der Waals surface area (Å²) in [5, 5.41) is 23.1. The van der Waals surface area contributed by atoms with Crippen molar-refractivity contribution in [1.29, 1.82) is 0 Å². The average molecular weight is 524 g/mol. The van der Waals surface area contributed by atoms with Gasteiger partial charge in [-0.3, -0.25) is 10.00 Å². The Morgan fingerprint density at radius 2 is 1.97 bits per heavy atom. The fraction of sp³-hybridized carbons (Fsp3) is 0.458. The van der Waals surface area contributed by atoms with Gasteiger partial charge in [0, 0.05) is 30.5 Å². The molecule has 1 saturated heterocycles. The van der Waals surface area contributed by atoms with Crippen LogP contribution >= 0.6 is 11.6 Å². The third-order valence-corrected chi connectivity index (χ3v) is 6.59. The molecule has 0 bridgehead atoms. The first-order valence-corrected chi connectivity index (χ1v) is 12.0. The lowest BCUT2D eigenvalue weighted by Crippen LogP contribution is -2.44. The molecule has 0 amide bonds. The molecule has 3 heterocycles. The maximum absolute atomic E-state index is 12.8. The Bertz CT molecular complexity index is 1220. The number of β-amino-alcohol motifs (C(OH)–C–C–N with tert-alkyl or cyclic N) is 1. The molecule has 0 aliphatic carbocycles. The van der Waals surface area contributed by atoms with E-state index < -0.39 is 18.8 Å². The number of piperidine rings is 1. The van der Waals surface area contributed by atoms with Crippen LogP contribution in [0, 0.1) is 20.8 Å². The van der Waals surface area contributed by atoms with Crippen LogP contribution in [0.25, 0.3) is 0 Å². The predicted octanol–water partition coefficient (Wildman–Crippen LogP) is 5.37. The molecule has 1 aliphatic heterocycles. The van der Waals surface area contributed by atoms with E-state index in [1.165, 1.54) is 6.20 Å². The summed E-state index contributed by atoms with van der Waals surface area (Å²) in [6.45, 7) is 6.45. The zero-order chi connectivity index (χ0) is 26.0. The van der Waals surface area contributed by atoms with Crippen LogP contribution in [-0.4, -0.2) is 62.1 Å². The van der Waals surface area contributed by atoms with Crippen LogP contribution in [0.1, 0.15) is 41.1 Å². The predicted molar refractivity (Wildman–Crippen MR) is 133 cm³/mol. The summed E-state index contributed by atoms with van der Waals surface area (Å²) >= 11 is 6.25. The zero-order valence-corrected chi connectivity index (χ0v) is 21.0. The first-order valence-electron chi connectivity index (χ1n) is 11.7. The summed E-state index contributed by atoms with van der Waals surface area (Å²) in [5.74, 6) is 1.44. The van der Waals surface area contributed by atoms with Gasteiger partial charge >= 0.3 is 6.18 Å². The quantitative estimate of drug-likeness (QED) is 0.330. The van der Waals surface area contributed by atoms with Gasteiger partial charge < -0.3 is 15.7 Å². The summed E-state index contributed by atoms with van der Waals surface area (Å²) < 4.78 is 38.4. The molecular weight excluding hydrogens is 495 g/mol. The lowest BCUT2D eigenvalue weighted by molar-refractivity contribution is -0.208. The Morgan fingerprint density at radius 3 is 2.67 bits per heavy atom. The highest BCUT2D eigenvalue weighted by atomic mass is 35.5. The smallest absolute Gasteiger partial charge is 0.382 e. The number of aromatic amines is 1. The van der Waals surface area contributed by atoms with Crippen LogP contribution in [0.15, 0.2) is 24.4 Å². The molecule has 0 radical (unpaired) electrons. The highest BCUT2D eigenvalue weighted by Gasteiger charge is 2.39. The number of nitrogens with zero attached hydrogens (tertiary/aromatic N) is 4. The summed E-state index contributed by atoms with van der Waals surface area (Å²) in [5.41, 5.74) is 4.78. The molecule has 1 unspecified atom stereocenters. The number of anilines is 4. The van der Waals surface area contributed by atoms with Gasteiger partial charge in [-0.25, -0.2) is 4.98 Å². The second-order valence-electron chi connectivity index (χ2n) is 9.26. The van der Waals surface area contributed by atoms with Crippen LogP contribution < -0.4 is 10.6 Å². The number of nitrogens with one attached hydrogen (secondary N) is 3. The minimum absolute atomic E-state index is 0.0897. The van der Waals surface area contributed by atoms with Crippen LogP contribution in [0.5, 0.6) is 0 Å². The maximum Gasteiger partial charge on any atom is 0.415 e. The average Bonchev–Trinajstić information content (AvgIpc) is 3.22. The van der Waals surface area contributed by atoms with E-state index in [1.807, 2.05) is 32.9 Å². The molecule has 0 spiro atoms. The van der Waals surface area contributed by atoms with E-state index in [4.69, 9.17) is 11.6 Å². The van der Waals surface area contributed by atoms with Crippen molar-refractivity contribution in [2.45, 2.75) is 51.8 Å².